The molecule has 0 aromatic heterocycles. The Hall–Kier alpha value is -0.0800. The SMILES string of the molecule is CC.CC1COCC1N(C)C. The Bertz CT molecular complexity index is 93.6. The van der Waals surface area contributed by atoms with Crippen molar-refractivity contribution in [3.63, 3.8) is 0 Å². The van der Waals surface area contributed by atoms with Crippen molar-refractivity contribution < 1.29 is 4.74 Å². The molecule has 0 bridgehead atoms. The van der Waals surface area contributed by atoms with E-state index in [1.54, 1.807) is 0 Å². The third-order valence-corrected chi connectivity index (χ3v) is 1.99. The van der Waals surface area contributed by atoms with Gasteiger partial charge in [0, 0.05) is 6.04 Å². The van der Waals surface area contributed by atoms with Crippen molar-refractivity contribution in [3.05, 3.63) is 0 Å². The Kier molecular flexibility index (Phi) is 5.51. The maximum absolute atomic E-state index is 5.29. The quantitative estimate of drug-likeness (QED) is 0.576. The summed E-state index contributed by atoms with van der Waals surface area (Å²) in [4.78, 5) is 2.23. The topological polar surface area (TPSA) is 12.5 Å². The number of hydrogen-bond acceptors (Lipinski definition) is 2. The lowest BCUT2D eigenvalue weighted by atomic mass is 10.1. The third-order valence-electron chi connectivity index (χ3n) is 1.99. The van der Waals surface area contributed by atoms with Gasteiger partial charge in [0.2, 0.25) is 0 Å². The van der Waals surface area contributed by atoms with Crippen LogP contribution in [0.5, 0.6) is 0 Å². The molecule has 0 aromatic carbocycles. The van der Waals surface area contributed by atoms with Gasteiger partial charge in [-0.2, -0.15) is 0 Å². The minimum atomic E-state index is 0.644. The Morgan fingerprint density at radius 1 is 1.18 bits per heavy atom. The van der Waals surface area contributed by atoms with Crippen LogP contribution in [0.1, 0.15) is 20.8 Å². The lowest BCUT2D eigenvalue weighted by Gasteiger charge is -2.20. The van der Waals surface area contributed by atoms with Gasteiger partial charge >= 0.3 is 0 Å². The van der Waals surface area contributed by atoms with Crippen molar-refractivity contribution in [2.45, 2.75) is 26.8 Å². The molecule has 0 amide bonds. The van der Waals surface area contributed by atoms with Crippen molar-refractivity contribution in [3.8, 4) is 0 Å². The van der Waals surface area contributed by atoms with Crippen molar-refractivity contribution in [1.82, 2.24) is 4.90 Å². The number of ether oxygens (including phenoxy) is 1. The van der Waals surface area contributed by atoms with Gasteiger partial charge in [0.1, 0.15) is 0 Å². The number of hydrogen-bond donors (Lipinski definition) is 0. The van der Waals surface area contributed by atoms with Crippen LogP contribution in [0.15, 0.2) is 0 Å². The van der Waals surface area contributed by atoms with Crippen molar-refractivity contribution in [2.75, 3.05) is 27.3 Å². The minimum absolute atomic E-state index is 0.644. The zero-order valence-corrected chi connectivity index (χ0v) is 8.42. The Morgan fingerprint density at radius 2 is 1.73 bits per heavy atom. The Morgan fingerprint density at radius 3 is 1.91 bits per heavy atom. The zero-order valence-electron chi connectivity index (χ0n) is 8.42. The van der Waals surface area contributed by atoms with Crippen molar-refractivity contribution >= 4 is 0 Å². The fourth-order valence-electron chi connectivity index (χ4n) is 1.31. The highest BCUT2D eigenvalue weighted by Crippen LogP contribution is 2.15. The second-order valence-corrected chi connectivity index (χ2v) is 3.05. The molecule has 1 saturated heterocycles. The van der Waals surface area contributed by atoms with E-state index in [1.807, 2.05) is 13.8 Å². The fraction of sp³-hybridized carbons (Fsp3) is 1.00. The molecule has 2 nitrogen and oxygen atoms in total. The van der Waals surface area contributed by atoms with Crippen LogP contribution < -0.4 is 0 Å². The van der Waals surface area contributed by atoms with Gasteiger partial charge in [0.15, 0.2) is 0 Å². The number of likely N-dealkylation sites (N-methyl/N-ethyl adjacent to an activating group) is 1. The largest absolute Gasteiger partial charge is 0.379 e. The van der Waals surface area contributed by atoms with Crippen molar-refractivity contribution in [1.29, 1.82) is 0 Å². The summed E-state index contributed by atoms with van der Waals surface area (Å²) in [5.74, 6) is 0.708. The summed E-state index contributed by atoms with van der Waals surface area (Å²) in [5, 5.41) is 0. The molecule has 1 aliphatic heterocycles. The molecular formula is C9H21NO. The second kappa shape index (κ2) is 5.56. The van der Waals surface area contributed by atoms with Gasteiger partial charge in [0.05, 0.1) is 13.2 Å². The third kappa shape index (κ3) is 3.21. The van der Waals surface area contributed by atoms with Crippen LogP contribution in [0, 0.1) is 5.92 Å². The number of rotatable bonds is 1. The molecular weight excluding hydrogens is 138 g/mol. The van der Waals surface area contributed by atoms with E-state index < -0.39 is 0 Å². The van der Waals surface area contributed by atoms with E-state index in [0.717, 1.165) is 13.2 Å². The summed E-state index contributed by atoms with van der Waals surface area (Å²) in [7, 11) is 4.21. The summed E-state index contributed by atoms with van der Waals surface area (Å²) in [6.07, 6.45) is 0. The summed E-state index contributed by atoms with van der Waals surface area (Å²) in [6.45, 7) is 8.08. The molecule has 1 rings (SSSR count). The highest BCUT2D eigenvalue weighted by atomic mass is 16.5. The average Bonchev–Trinajstić information content (AvgIpc) is 2.39. The average molecular weight is 159 g/mol. The lowest BCUT2D eigenvalue weighted by Crippen LogP contribution is -2.32. The molecule has 0 aliphatic carbocycles. The molecule has 68 valence electrons. The molecule has 0 spiro atoms. The summed E-state index contributed by atoms with van der Waals surface area (Å²) in [6, 6.07) is 0.644. The summed E-state index contributed by atoms with van der Waals surface area (Å²) >= 11 is 0. The van der Waals surface area contributed by atoms with Crippen LogP contribution in [0.4, 0.5) is 0 Å². The molecule has 2 heteroatoms. The van der Waals surface area contributed by atoms with E-state index in [-0.39, 0.29) is 0 Å². The number of nitrogens with zero attached hydrogens (tertiary/aromatic N) is 1. The van der Waals surface area contributed by atoms with Crippen LogP contribution >= 0.6 is 0 Å². The molecule has 0 aromatic rings. The highest BCUT2D eigenvalue weighted by Gasteiger charge is 2.25. The zero-order chi connectivity index (χ0) is 8.85. The van der Waals surface area contributed by atoms with E-state index in [0.29, 0.717) is 12.0 Å². The second-order valence-electron chi connectivity index (χ2n) is 3.05. The molecule has 0 saturated carbocycles. The lowest BCUT2D eigenvalue weighted by molar-refractivity contribution is 0.169. The van der Waals surface area contributed by atoms with Crippen LogP contribution in [-0.2, 0) is 4.74 Å². The maximum atomic E-state index is 5.29. The smallest absolute Gasteiger partial charge is 0.0625 e. The van der Waals surface area contributed by atoms with Gasteiger partial charge in [-0.25, -0.2) is 0 Å². The van der Waals surface area contributed by atoms with E-state index in [9.17, 15) is 0 Å². The molecule has 0 radical (unpaired) electrons. The van der Waals surface area contributed by atoms with Crippen LogP contribution in [0.2, 0.25) is 0 Å². The predicted molar refractivity (Wildman–Crippen MR) is 48.8 cm³/mol. The maximum Gasteiger partial charge on any atom is 0.0625 e. The van der Waals surface area contributed by atoms with Crippen LogP contribution in [0.25, 0.3) is 0 Å². The van der Waals surface area contributed by atoms with E-state index in [1.165, 1.54) is 0 Å². The van der Waals surface area contributed by atoms with Gasteiger partial charge in [0.25, 0.3) is 0 Å². The predicted octanol–water partition coefficient (Wildman–Crippen LogP) is 1.61. The van der Waals surface area contributed by atoms with Crippen molar-refractivity contribution in [2.24, 2.45) is 5.92 Å². The molecule has 0 N–H and O–H groups in total. The Balaban J connectivity index is 0.000000461. The van der Waals surface area contributed by atoms with Gasteiger partial charge in [-0.15, -0.1) is 0 Å². The molecule has 2 unspecified atom stereocenters. The molecule has 11 heavy (non-hydrogen) atoms. The normalized spacial score (nSPS) is 30.0. The van der Waals surface area contributed by atoms with E-state index >= 15 is 0 Å². The summed E-state index contributed by atoms with van der Waals surface area (Å²) in [5.41, 5.74) is 0. The van der Waals surface area contributed by atoms with Crippen LogP contribution in [-0.4, -0.2) is 38.3 Å². The first-order valence-corrected chi connectivity index (χ1v) is 4.46. The molecule has 1 heterocycles. The van der Waals surface area contributed by atoms with E-state index in [4.69, 9.17) is 4.74 Å². The van der Waals surface area contributed by atoms with Gasteiger partial charge in [-0.1, -0.05) is 20.8 Å². The fourth-order valence-corrected chi connectivity index (χ4v) is 1.31. The Labute approximate surface area is 70.5 Å². The monoisotopic (exact) mass is 159 g/mol. The first-order valence-electron chi connectivity index (χ1n) is 4.46. The van der Waals surface area contributed by atoms with Crippen LogP contribution in [0.3, 0.4) is 0 Å². The molecule has 2 atom stereocenters. The van der Waals surface area contributed by atoms with E-state index in [2.05, 4.69) is 25.9 Å². The first kappa shape index (κ1) is 10.9. The molecule has 1 fully saturated rings. The van der Waals surface area contributed by atoms with Gasteiger partial charge in [-0.05, 0) is 20.0 Å². The van der Waals surface area contributed by atoms with Gasteiger partial charge < -0.3 is 9.64 Å². The first-order chi connectivity index (χ1) is 5.22. The molecule has 1 aliphatic rings. The summed E-state index contributed by atoms with van der Waals surface area (Å²) < 4.78 is 5.29. The van der Waals surface area contributed by atoms with Gasteiger partial charge in [-0.3, -0.25) is 0 Å². The highest BCUT2D eigenvalue weighted by molar-refractivity contribution is 4.77. The minimum Gasteiger partial charge on any atom is -0.379 e. The standard InChI is InChI=1S/C7H15NO.C2H6/c1-6-4-9-5-7(6)8(2)3;1-2/h6-7H,4-5H2,1-3H3;1-2H3.